The Balaban J connectivity index is 5.77. The Morgan fingerprint density at radius 1 is 0.731 bits per heavy atom. The molecule has 0 amide bonds. The van der Waals surface area contributed by atoms with Crippen molar-refractivity contribution in [1.29, 1.82) is 21.0 Å². The van der Waals surface area contributed by atoms with Crippen LogP contribution in [0, 0.1) is 56.2 Å². The summed E-state index contributed by atoms with van der Waals surface area (Å²) in [4.78, 5) is 24.6. The molecule has 1 atom stereocenters. The van der Waals surface area contributed by atoms with Gasteiger partial charge in [0, 0.05) is 19.3 Å². The number of rotatable bonds is 11. The topological polar surface area (TPSA) is 148 Å². The molecular weight excluding hydrogens is 336 g/mol. The lowest BCUT2D eigenvalue weighted by molar-refractivity contribution is -0.157. The second kappa shape index (κ2) is 11.5. The number of esters is 2. The van der Waals surface area contributed by atoms with Gasteiger partial charge in [-0.2, -0.15) is 21.0 Å². The molecule has 0 fully saturated rings. The number of hydrogen-bond donors (Lipinski definition) is 0. The molecule has 0 N–H and O–H groups in total. The summed E-state index contributed by atoms with van der Waals surface area (Å²) < 4.78 is 9.59. The standard InChI is InChI=1S/C18H22N4O4/c1-25-15(23)17(6-3-11-19,7-4-12-20)9-10-18(14-22,8-5-13-21)16(24)26-2/h3-10H2,1-2H3. The third-order valence-electron chi connectivity index (χ3n) is 4.53. The van der Waals surface area contributed by atoms with Crippen molar-refractivity contribution >= 4 is 11.9 Å². The molecule has 8 nitrogen and oxygen atoms in total. The first-order valence-corrected chi connectivity index (χ1v) is 8.11. The van der Waals surface area contributed by atoms with Crippen LogP contribution in [0.1, 0.15) is 51.4 Å². The minimum atomic E-state index is -1.57. The summed E-state index contributed by atoms with van der Waals surface area (Å²) in [6, 6.07) is 7.77. The lowest BCUT2D eigenvalue weighted by Crippen LogP contribution is -2.37. The smallest absolute Gasteiger partial charge is 0.326 e. The fraction of sp³-hybridized carbons (Fsp3) is 0.667. The van der Waals surface area contributed by atoms with Gasteiger partial charge in [-0.15, -0.1) is 0 Å². The number of carbonyl (C=O) groups is 2. The Kier molecular flexibility index (Phi) is 10.1. The van der Waals surface area contributed by atoms with Gasteiger partial charge in [-0.3, -0.25) is 9.59 Å². The average Bonchev–Trinajstić information content (AvgIpc) is 2.68. The largest absolute Gasteiger partial charge is 0.469 e. The molecule has 0 aromatic carbocycles. The predicted molar refractivity (Wildman–Crippen MR) is 88.3 cm³/mol. The molecule has 0 bridgehead atoms. The van der Waals surface area contributed by atoms with Crippen molar-refractivity contribution in [2.24, 2.45) is 10.8 Å². The first kappa shape index (κ1) is 22.9. The summed E-state index contributed by atoms with van der Waals surface area (Å²) in [5.74, 6) is -1.35. The zero-order valence-corrected chi connectivity index (χ0v) is 15.1. The first-order valence-electron chi connectivity index (χ1n) is 8.11. The van der Waals surface area contributed by atoms with E-state index in [1.54, 1.807) is 0 Å². The second-order valence-electron chi connectivity index (χ2n) is 5.93. The molecule has 0 saturated carbocycles. The van der Waals surface area contributed by atoms with Crippen LogP contribution in [0.3, 0.4) is 0 Å². The van der Waals surface area contributed by atoms with Crippen LogP contribution in [0.25, 0.3) is 0 Å². The van der Waals surface area contributed by atoms with Gasteiger partial charge < -0.3 is 9.47 Å². The summed E-state index contributed by atoms with van der Waals surface area (Å²) in [6.07, 6.45) is 0.413. The Morgan fingerprint density at radius 3 is 1.58 bits per heavy atom. The fourth-order valence-corrected chi connectivity index (χ4v) is 2.89. The number of carbonyl (C=O) groups excluding carboxylic acids is 2. The summed E-state index contributed by atoms with van der Waals surface area (Å²) in [6.45, 7) is 0. The highest BCUT2D eigenvalue weighted by Gasteiger charge is 2.45. The van der Waals surface area contributed by atoms with E-state index in [1.165, 1.54) is 7.11 Å². The van der Waals surface area contributed by atoms with Gasteiger partial charge in [0.05, 0.1) is 43.9 Å². The van der Waals surface area contributed by atoms with E-state index in [2.05, 4.69) is 0 Å². The summed E-state index contributed by atoms with van der Waals surface area (Å²) in [5, 5.41) is 36.2. The molecule has 0 spiro atoms. The average molecular weight is 358 g/mol. The Hall–Kier alpha value is -3.10. The molecule has 0 aliphatic rings. The van der Waals surface area contributed by atoms with Crippen molar-refractivity contribution in [2.45, 2.75) is 51.4 Å². The SMILES string of the molecule is COC(=O)C(C#N)(CCC#N)CCC(CCC#N)(CCC#N)C(=O)OC. The van der Waals surface area contributed by atoms with Crippen molar-refractivity contribution < 1.29 is 19.1 Å². The maximum absolute atomic E-state index is 12.4. The quantitative estimate of drug-likeness (QED) is 0.511. The molecule has 0 rings (SSSR count). The maximum Gasteiger partial charge on any atom is 0.326 e. The zero-order valence-electron chi connectivity index (χ0n) is 15.1. The maximum atomic E-state index is 12.4. The van der Waals surface area contributed by atoms with Gasteiger partial charge >= 0.3 is 11.9 Å². The van der Waals surface area contributed by atoms with Crippen molar-refractivity contribution in [3.8, 4) is 24.3 Å². The van der Waals surface area contributed by atoms with Gasteiger partial charge in [-0.05, 0) is 32.1 Å². The first-order chi connectivity index (χ1) is 12.4. The highest BCUT2D eigenvalue weighted by molar-refractivity contribution is 5.80. The number of hydrogen-bond acceptors (Lipinski definition) is 8. The van der Waals surface area contributed by atoms with Crippen molar-refractivity contribution in [1.82, 2.24) is 0 Å². The molecule has 0 saturated heterocycles. The van der Waals surface area contributed by atoms with Gasteiger partial charge in [0.2, 0.25) is 0 Å². The number of ether oxygens (including phenoxy) is 2. The van der Waals surface area contributed by atoms with Crippen LogP contribution in [0.5, 0.6) is 0 Å². The highest BCUT2D eigenvalue weighted by Crippen LogP contribution is 2.41. The van der Waals surface area contributed by atoms with Crippen molar-refractivity contribution in [2.75, 3.05) is 14.2 Å². The van der Waals surface area contributed by atoms with Crippen LogP contribution in [0.15, 0.2) is 0 Å². The van der Waals surface area contributed by atoms with Crippen molar-refractivity contribution in [3.63, 3.8) is 0 Å². The minimum absolute atomic E-state index is 0.0235. The molecule has 26 heavy (non-hydrogen) atoms. The van der Waals surface area contributed by atoms with Crippen LogP contribution < -0.4 is 0 Å². The third-order valence-corrected chi connectivity index (χ3v) is 4.53. The fourth-order valence-electron chi connectivity index (χ4n) is 2.89. The number of nitrogens with zero attached hydrogens (tertiary/aromatic N) is 4. The Bertz CT molecular complexity index is 645. The second-order valence-corrected chi connectivity index (χ2v) is 5.93. The molecule has 0 aromatic rings. The molecule has 0 aromatic heterocycles. The van der Waals surface area contributed by atoms with E-state index in [0.29, 0.717) is 0 Å². The van der Waals surface area contributed by atoms with Crippen LogP contribution in [0.4, 0.5) is 0 Å². The van der Waals surface area contributed by atoms with Crippen LogP contribution >= 0.6 is 0 Å². The molecule has 1 unspecified atom stereocenters. The van der Waals surface area contributed by atoms with Crippen LogP contribution in [0.2, 0.25) is 0 Å². The normalized spacial score (nSPS) is 12.4. The van der Waals surface area contributed by atoms with Crippen molar-refractivity contribution in [3.05, 3.63) is 0 Å². The van der Waals surface area contributed by atoms with E-state index < -0.39 is 22.8 Å². The van der Waals surface area contributed by atoms with Crippen LogP contribution in [-0.4, -0.2) is 26.2 Å². The molecule has 8 heteroatoms. The monoisotopic (exact) mass is 358 g/mol. The molecular formula is C18H22N4O4. The lowest BCUT2D eigenvalue weighted by atomic mass is 9.70. The molecule has 0 heterocycles. The van der Waals surface area contributed by atoms with E-state index in [9.17, 15) is 14.9 Å². The van der Waals surface area contributed by atoms with E-state index in [0.717, 1.165) is 7.11 Å². The predicted octanol–water partition coefficient (Wildman–Crippen LogP) is 2.52. The summed E-state index contributed by atoms with van der Waals surface area (Å²) in [5.41, 5.74) is -2.72. The summed E-state index contributed by atoms with van der Waals surface area (Å²) >= 11 is 0. The number of nitriles is 4. The Labute approximate surface area is 153 Å². The van der Waals surface area contributed by atoms with E-state index in [1.807, 2.05) is 24.3 Å². The Morgan fingerprint density at radius 2 is 1.19 bits per heavy atom. The van der Waals surface area contributed by atoms with Gasteiger partial charge in [-0.1, -0.05) is 0 Å². The lowest BCUT2D eigenvalue weighted by Gasteiger charge is -2.33. The van der Waals surface area contributed by atoms with E-state index in [4.69, 9.17) is 25.3 Å². The third kappa shape index (κ3) is 5.76. The zero-order chi connectivity index (χ0) is 20.1. The number of methoxy groups -OCH3 is 2. The van der Waals surface area contributed by atoms with Crippen LogP contribution in [-0.2, 0) is 19.1 Å². The summed E-state index contributed by atoms with van der Waals surface area (Å²) in [7, 11) is 2.36. The van der Waals surface area contributed by atoms with Gasteiger partial charge in [0.15, 0.2) is 5.41 Å². The van der Waals surface area contributed by atoms with Gasteiger partial charge in [0.25, 0.3) is 0 Å². The van der Waals surface area contributed by atoms with Gasteiger partial charge in [0.1, 0.15) is 0 Å². The molecule has 0 aliphatic heterocycles. The molecule has 138 valence electrons. The highest BCUT2D eigenvalue weighted by atomic mass is 16.5. The van der Waals surface area contributed by atoms with E-state index in [-0.39, 0.29) is 51.4 Å². The molecule has 0 radical (unpaired) electrons. The van der Waals surface area contributed by atoms with E-state index >= 15 is 0 Å². The minimum Gasteiger partial charge on any atom is -0.469 e. The molecule has 0 aliphatic carbocycles. The van der Waals surface area contributed by atoms with Gasteiger partial charge in [-0.25, -0.2) is 0 Å².